The van der Waals surface area contributed by atoms with Gasteiger partial charge in [0.15, 0.2) is 0 Å². The molecule has 5 heteroatoms. The average Bonchev–Trinajstić information content (AvgIpc) is 2.72. The minimum atomic E-state index is -0.252. The second-order valence-corrected chi connectivity index (χ2v) is 6.30. The zero-order valence-electron chi connectivity index (χ0n) is 16.3. The molecule has 2 rings (SSSR count). The molecule has 0 aliphatic rings. The third-order valence-electron chi connectivity index (χ3n) is 4.22. The van der Waals surface area contributed by atoms with Crippen LogP contribution in [-0.4, -0.2) is 25.3 Å². The normalized spacial score (nSPS) is 11.1. The molecule has 0 unspecified atom stereocenters. The van der Waals surface area contributed by atoms with Crippen LogP contribution in [0.25, 0.3) is 0 Å². The SMILES string of the molecule is CCCCCCOc1ccc(C(=O)N/N=C(\C)c2ccc(OC)cc2)cc1. The fourth-order valence-electron chi connectivity index (χ4n) is 2.52. The van der Waals surface area contributed by atoms with Crippen LogP contribution < -0.4 is 14.9 Å². The summed E-state index contributed by atoms with van der Waals surface area (Å²) in [6.07, 6.45) is 4.68. The zero-order valence-corrected chi connectivity index (χ0v) is 16.3. The monoisotopic (exact) mass is 368 g/mol. The Kier molecular flexibility index (Phi) is 8.36. The molecule has 0 spiro atoms. The highest BCUT2D eigenvalue weighted by molar-refractivity contribution is 6.00. The smallest absolute Gasteiger partial charge is 0.271 e. The van der Waals surface area contributed by atoms with E-state index in [1.54, 1.807) is 19.2 Å². The number of hydrogen-bond donors (Lipinski definition) is 1. The number of hydrazone groups is 1. The van der Waals surface area contributed by atoms with E-state index >= 15 is 0 Å². The lowest BCUT2D eigenvalue weighted by Gasteiger charge is -2.07. The van der Waals surface area contributed by atoms with Crippen molar-refractivity contribution >= 4 is 11.6 Å². The van der Waals surface area contributed by atoms with Crippen molar-refractivity contribution in [2.24, 2.45) is 5.10 Å². The zero-order chi connectivity index (χ0) is 19.5. The van der Waals surface area contributed by atoms with Gasteiger partial charge < -0.3 is 9.47 Å². The van der Waals surface area contributed by atoms with Gasteiger partial charge in [0, 0.05) is 5.56 Å². The van der Waals surface area contributed by atoms with E-state index in [0.717, 1.165) is 29.2 Å². The lowest BCUT2D eigenvalue weighted by molar-refractivity contribution is 0.0955. The number of hydrogen-bond acceptors (Lipinski definition) is 4. The second kappa shape index (κ2) is 11.0. The number of carbonyl (C=O) groups excluding carboxylic acids is 1. The highest BCUT2D eigenvalue weighted by atomic mass is 16.5. The van der Waals surface area contributed by atoms with Crippen molar-refractivity contribution in [1.29, 1.82) is 0 Å². The third kappa shape index (κ3) is 6.77. The first-order valence-corrected chi connectivity index (χ1v) is 9.36. The molecular weight excluding hydrogens is 340 g/mol. The number of methoxy groups -OCH3 is 1. The highest BCUT2D eigenvalue weighted by Crippen LogP contribution is 2.14. The summed E-state index contributed by atoms with van der Waals surface area (Å²) in [7, 11) is 1.62. The molecule has 0 saturated heterocycles. The Morgan fingerprint density at radius 3 is 2.19 bits per heavy atom. The Morgan fingerprint density at radius 2 is 1.56 bits per heavy atom. The molecule has 0 aliphatic heterocycles. The van der Waals surface area contributed by atoms with Gasteiger partial charge in [-0.05, 0) is 67.4 Å². The summed E-state index contributed by atoms with van der Waals surface area (Å²) in [5.74, 6) is 1.31. The van der Waals surface area contributed by atoms with Crippen LogP contribution in [0.15, 0.2) is 53.6 Å². The van der Waals surface area contributed by atoms with E-state index in [-0.39, 0.29) is 5.91 Å². The third-order valence-corrected chi connectivity index (χ3v) is 4.22. The summed E-state index contributed by atoms with van der Waals surface area (Å²) in [6.45, 7) is 4.74. The van der Waals surface area contributed by atoms with Gasteiger partial charge in [-0.15, -0.1) is 0 Å². The van der Waals surface area contributed by atoms with Gasteiger partial charge >= 0.3 is 0 Å². The van der Waals surface area contributed by atoms with Gasteiger partial charge in [0.05, 0.1) is 19.4 Å². The van der Waals surface area contributed by atoms with Crippen molar-refractivity contribution in [2.45, 2.75) is 39.5 Å². The summed E-state index contributed by atoms with van der Waals surface area (Å²) >= 11 is 0. The largest absolute Gasteiger partial charge is 0.497 e. The summed E-state index contributed by atoms with van der Waals surface area (Å²) in [5.41, 5.74) is 4.77. The topological polar surface area (TPSA) is 59.9 Å². The Balaban J connectivity index is 1.85. The molecular formula is C22H28N2O3. The number of benzene rings is 2. The molecule has 0 radical (unpaired) electrons. The lowest BCUT2D eigenvalue weighted by Crippen LogP contribution is -2.19. The van der Waals surface area contributed by atoms with Crippen LogP contribution in [-0.2, 0) is 0 Å². The quantitative estimate of drug-likeness (QED) is 0.372. The van der Waals surface area contributed by atoms with E-state index in [0.29, 0.717) is 12.2 Å². The maximum absolute atomic E-state index is 12.2. The summed E-state index contributed by atoms with van der Waals surface area (Å²) < 4.78 is 10.8. The van der Waals surface area contributed by atoms with Crippen molar-refractivity contribution in [1.82, 2.24) is 5.43 Å². The molecule has 144 valence electrons. The molecule has 1 amide bonds. The molecule has 0 bridgehead atoms. The van der Waals surface area contributed by atoms with Crippen molar-refractivity contribution in [3.8, 4) is 11.5 Å². The standard InChI is InChI=1S/C22H28N2O3/c1-4-5-6-7-16-27-21-14-10-19(11-15-21)22(25)24-23-17(2)18-8-12-20(26-3)13-9-18/h8-15H,4-7,16H2,1-3H3,(H,24,25)/b23-17+. The molecule has 27 heavy (non-hydrogen) atoms. The molecule has 0 heterocycles. The molecule has 2 aromatic rings. The first kappa shape index (κ1) is 20.5. The molecule has 0 fully saturated rings. The number of carbonyl (C=O) groups is 1. The molecule has 1 N–H and O–H groups in total. The summed E-state index contributed by atoms with van der Waals surface area (Å²) in [4.78, 5) is 12.2. The Labute approximate surface area is 161 Å². The van der Waals surface area contributed by atoms with Crippen molar-refractivity contribution < 1.29 is 14.3 Å². The van der Waals surface area contributed by atoms with Gasteiger partial charge in [-0.1, -0.05) is 26.2 Å². The average molecular weight is 368 g/mol. The van der Waals surface area contributed by atoms with Crippen LogP contribution in [0.2, 0.25) is 0 Å². The molecule has 0 saturated carbocycles. The minimum absolute atomic E-state index is 0.252. The van der Waals surface area contributed by atoms with Crippen LogP contribution in [0.5, 0.6) is 11.5 Å². The van der Waals surface area contributed by atoms with Crippen molar-refractivity contribution in [3.05, 3.63) is 59.7 Å². The van der Waals surface area contributed by atoms with Gasteiger partial charge in [0.25, 0.3) is 5.91 Å². The van der Waals surface area contributed by atoms with E-state index in [9.17, 15) is 4.79 Å². The number of unbranched alkanes of at least 4 members (excludes halogenated alkanes) is 3. The Bertz CT molecular complexity index is 737. The minimum Gasteiger partial charge on any atom is -0.497 e. The van der Waals surface area contributed by atoms with Crippen molar-refractivity contribution in [3.63, 3.8) is 0 Å². The van der Waals surface area contributed by atoms with Crippen LogP contribution in [0, 0.1) is 0 Å². The predicted molar refractivity (Wildman–Crippen MR) is 109 cm³/mol. The number of amides is 1. The van der Waals surface area contributed by atoms with Crippen LogP contribution >= 0.6 is 0 Å². The number of nitrogens with zero attached hydrogens (tertiary/aromatic N) is 1. The summed E-state index contributed by atoms with van der Waals surface area (Å²) in [5, 5.41) is 4.17. The van der Waals surface area contributed by atoms with Crippen LogP contribution in [0.1, 0.15) is 55.5 Å². The first-order valence-electron chi connectivity index (χ1n) is 9.36. The van der Waals surface area contributed by atoms with Gasteiger partial charge in [0.2, 0.25) is 0 Å². The van der Waals surface area contributed by atoms with E-state index in [1.807, 2.05) is 43.3 Å². The molecule has 5 nitrogen and oxygen atoms in total. The maximum atomic E-state index is 12.2. The lowest BCUT2D eigenvalue weighted by atomic mass is 10.1. The molecule has 2 aromatic carbocycles. The van der Waals surface area contributed by atoms with E-state index < -0.39 is 0 Å². The summed E-state index contributed by atoms with van der Waals surface area (Å²) in [6, 6.07) is 14.6. The molecule has 0 aromatic heterocycles. The van der Waals surface area contributed by atoms with Crippen molar-refractivity contribution in [2.75, 3.05) is 13.7 Å². The number of nitrogens with one attached hydrogen (secondary N) is 1. The second-order valence-electron chi connectivity index (χ2n) is 6.30. The van der Waals surface area contributed by atoms with E-state index in [1.165, 1.54) is 19.3 Å². The van der Waals surface area contributed by atoms with E-state index in [4.69, 9.17) is 9.47 Å². The fourth-order valence-corrected chi connectivity index (χ4v) is 2.52. The van der Waals surface area contributed by atoms with Gasteiger partial charge in [-0.2, -0.15) is 5.10 Å². The number of rotatable bonds is 10. The number of ether oxygens (including phenoxy) is 2. The van der Waals surface area contributed by atoms with Crippen LogP contribution in [0.3, 0.4) is 0 Å². The van der Waals surface area contributed by atoms with E-state index in [2.05, 4.69) is 17.5 Å². The fraction of sp³-hybridized carbons (Fsp3) is 0.364. The molecule has 0 aliphatic carbocycles. The van der Waals surface area contributed by atoms with Gasteiger partial charge in [0.1, 0.15) is 11.5 Å². The van der Waals surface area contributed by atoms with Crippen LogP contribution in [0.4, 0.5) is 0 Å². The highest BCUT2D eigenvalue weighted by Gasteiger charge is 2.06. The Morgan fingerprint density at radius 1 is 0.926 bits per heavy atom. The maximum Gasteiger partial charge on any atom is 0.271 e. The Hall–Kier alpha value is -2.82. The van der Waals surface area contributed by atoms with Gasteiger partial charge in [-0.25, -0.2) is 5.43 Å². The molecule has 0 atom stereocenters. The first-order chi connectivity index (χ1) is 13.1. The van der Waals surface area contributed by atoms with Gasteiger partial charge in [-0.3, -0.25) is 4.79 Å². The predicted octanol–water partition coefficient (Wildman–Crippen LogP) is 4.81.